The molecule has 0 spiro atoms. The summed E-state index contributed by atoms with van der Waals surface area (Å²) in [7, 11) is 0. The molecule has 1 aromatic rings. The zero-order valence-corrected chi connectivity index (χ0v) is 12.9. The van der Waals surface area contributed by atoms with Crippen molar-refractivity contribution >= 4 is 40.7 Å². The second-order valence-electron chi connectivity index (χ2n) is 4.43. The predicted octanol–water partition coefficient (Wildman–Crippen LogP) is 3.63. The van der Waals surface area contributed by atoms with Crippen molar-refractivity contribution in [1.82, 2.24) is 5.32 Å². The smallest absolute Gasteiger partial charge is 0.313 e. The lowest BCUT2D eigenvalue weighted by atomic mass is 10.2. The number of hydrogen-bond acceptors (Lipinski definition) is 2. The van der Waals surface area contributed by atoms with E-state index in [0.717, 1.165) is 25.7 Å². The molecule has 20 heavy (non-hydrogen) atoms. The second-order valence-corrected chi connectivity index (χ2v) is 5.30. The van der Waals surface area contributed by atoms with Gasteiger partial charge in [0.15, 0.2) is 0 Å². The summed E-state index contributed by atoms with van der Waals surface area (Å²) in [6.07, 6.45) is 4.17. The highest BCUT2D eigenvalue weighted by molar-refractivity contribution is 6.40. The highest BCUT2D eigenvalue weighted by Gasteiger charge is 2.13. The number of anilines is 1. The normalized spacial score (nSPS) is 10.2. The first kappa shape index (κ1) is 16.8. The Bertz CT molecular complexity index is 458. The van der Waals surface area contributed by atoms with Gasteiger partial charge in [0.25, 0.3) is 0 Å². The lowest BCUT2D eigenvalue weighted by molar-refractivity contribution is -0.136. The standard InChI is InChI=1S/C14H18Cl2N2O2/c1-2-3-4-5-6-17-13(19)14(20)18-12-8-10(15)7-11(16)9-12/h7-9H,2-6H2,1H3,(H,17,19)(H,18,20). The van der Waals surface area contributed by atoms with Crippen LogP contribution in [0.1, 0.15) is 32.6 Å². The molecule has 0 radical (unpaired) electrons. The Hall–Kier alpha value is -1.26. The molecule has 0 unspecified atom stereocenters. The number of nitrogens with one attached hydrogen (secondary N) is 2. The third-order valence-corrected chi connectivity index (χ3v) is 3.08. The third-order valence-electron chi connectivity index (χ3n) is 2.64. The van der Waals surface area contributed by atoms with Gasteiger partial charge in [-0.1, -0.05) is 49.4 Å². The Morgan fingerprint density at radius 1 is 1.00 bits per heavy atom. The molecular weight excluding hydrogens is 299 g/mol. The summed E-state index contributed by atoms with van der Waals surface area (Å²) in [5, 5.41) is 5.82. The number of carbonyl (C=O) groups excluding carboxylic acids is 2. The average molecular weight is 317 g/mol. The SMILES string of the molecule is CCCCCCNC(=O)C(=O)Nc1cc(Cl)cc(Cl)c1. The first-order chi connectivity index (χ1) is 9.52. The minimum atomic E-state index is -0.723. The molecule has 0 bridgehead atoms. The van der Waals surface area contributed by atoms with Gasteiger partial charge in [-0.05, 0) is 24.6 Å². The Labute approximate surface area is 128 Å². The van der Waals surface area contributed by atoms with Crippen LogP contribution in [-0.4, -0.2) is 18.4 Å². The number of amides is 2. The maximum Gasteiger partial charge on any atom is 0.313 e. The summed E-state index contributed by atoms with van der Waals surface area (Å²) in [5.41, 5.74) is 0.397. The number of rotatable bonds is 6. The molecule has 0 fully saturated rings. The van der Waals surface area contributed by atoms with Gasteiger partial charge in [-0.15, -0.1) is 0 Å². The van der Waals surface area contributed by atoms with Crippen molar-refractivity contribution < 1.29 is 9.59 Å². The number of halogens is 2. The maximum atomic E-state index is 11.6. The number of benzene rings is 1. The number of carbonyl (C=O) groups is 2. The van der Waals surface area contributed by atoms with E-state index in [-0.39, 0.29) is 0 Å². The molecule has 1 rings (SSSR count). The monoisotopic (exact) mass is 316 g/mol. The van der Waals surface area contributed by atoms with Crippen LogP contribution in [-0.2, 0) is 9.59 Å². The van der Waals surface area contributed by atoms with Crippen LogP contribution in [0.3, 0.4) is 0 Å². The zero-order valence-electron chi connectivity index (χ0n) is 11.3. The van der Waals surface area contributed by atoms with Crippen molar-refractivity contribution in [3.05, 3.63) is 28.2 Å². The molecule has 0 saturated carbocycles. The average Bonchev–Trinajstić information content (AvgIpc) is 2.36. The zero-order chi connectivity index (χ0) is 15.0. The Morgan fingerprint density at radius 2 is 1.65 bits per heavy atom. The molecule has 1 aromatic carbocycles. The molecule has 0 aliphatic rings. The van der Waals surface area contributed by atoms with E-state index in [1.165, 1.54) is 12.1 Å². The van der Waals surface area contributed by atoms with Crippen LogP contribution in [0.25, 0.3) is 0 Å². The fraction of sp³-hybridized carbons (Fsp3) is 0.429. The maximum absolute atomic E-state index is 11.6. The van der Waals surface area contributed by atoms with Gasteiger partial charge in [0.1, 0.15) is 0 Å². The summed E-state index contributed by atoms with van der Waals surface area (Å²) in [5.74, 6) is -1.38. The second kappa shape index (κ2) is 8.82. The molecular formula is C14H18Cl2N2O2. The van der Waals surface area contributed by atoms with E-state index < -0.39 is 11.8 Å². The van der Waals surface area contributed by atoms with Crippen LogP contribution in [0.15, 0.2) is 18.2 Å². The van der Waals surface area contributed by atoms with Gasteiger partial charge in [-0.2, -0.15) is 0 Å². The van der Waals surface area contributed by atoms with E-state index in [1.807, 2.05) is 0 Å². The van der Waals surface area contributed by atoms with Gasteiger partial charge in [0, 0.05) is 22.3 Å². The number of unbranched alkanes of at least 4 members (excludes halogenated alkanes) is 3. The van der Waals surface area contributed by atoms with Gasteiger partial charge >= 0.3 is 11.8 Å². The van der Waals surface area contributed by atoms with Crippen LogP contribution in [0, 0.1) is 0 Å². The molecule has 0 aromatic heterocycles. The van der Waals surface area contributed by atoms with Crippen LogP contribution in [0.5, 0.6) is 0 Å². The highest BCUT2D eigenvalue weighted by Crippen LogP contribution is 2.22. The van der Waals surface area contributed by atoms with Crippen LogP contribution in [0.2, 0.25) is 10.0 Å². The van der Waals surface area contributed by atoms with E-state index >= 15 is 0 Å². The lowest BCUT2D eigenvalue weighted by Crippen LogP contribution is -2.35. The molecule has 0 aliphatic heterocycles. The van der Waals surface area contributed by atoms with E-state index in [0.29, 0.717) is 22.3 Å². The van der Waals surface area contributed by atoms with E-state index in [1.54, 1.807) is 6.07 Å². The predicted molar refractivity (Wildman–Crippen MR) is 82.2 cm³/mol. The molecule has 110 valence electrons. The number of hydrogen-bond donors (Lipinski definition) is 2. The molecule has 2 amide bonds. The highest BCUT2D eigenvalue weighted by atomic mass is 35.5. The van der Waals surface area contributed by atoms with Gasteiger partial charge < -0.3 is 10.6 Å². The minimum Gasteiger partial charge on any atom is -0.348 e. The largest absolute Gasteiger partial charge is 0.348 e. The minimum absolute atomic E-state index is 0.396. The van der Waals surface area contributed by atoms with Crippen molar-refractivity contribution in [2.75, 3.05) is 11.9 Å². The summed E-state index contributed by atoms with van der Waals surface area (Å²) in [6, 6.07) is 4.60. The van der Waals surface area contributed by atoms with Crippen LogP contribution < -0.4 is 10.6 Å². The van der Waals surface area contributed by atoms with E-state index in [2.05, 4.69) is 17.6 Å². The van der Waals surface area contributed by atoms with Crippen molar-refractivity contribution in [2.24, 2.45) is 0 Å². The molecule has 0 aliphatic carbocycles. The van der Waals surface area contributed by atoms with Gasteiger partial charge in [0.05, 0.1) is 0 Å². The van der Waals surface area contributed by atoms with Crippen molar-refractivity contribution in [3.8, 4) is 0 Å². The Kier molecular flexibility index (Phi) is 7.41. The third kappa shape index (κ3) is 6.26. The lowest BCUT2D eigenvalue weighted by Gasteiger charge is -2.07. The van der Waals surface area contributed by atoms with E-state index in [9.17, 15) is 9.59 Å². The summed E-state index contributed by atoms with van der Waals surface area (Å²) in [6.45, 7) is 2.62. The Morgan fingerprint density at radius 3 is 2.25 bits per heavy atom. The van der Waals surface area contributed by atoms with Crippen molar-refractivity contribution in [3.63, 3.8) is 0 Å². The molecule has 0 heterocycles. The van der Waals surface area contributed by atoms with Crippen LogP contribution >= 0.6 is 23.2 Å². The molecule has 4 nitrogen and oxygen atoms in total. The molecule has 0 saturated heterocycles. The summed E-state index contributed by atoms with van der Waals surface area (Å²) in [4.78, 5) is 23.2. The van der Waals surface area contributed by atoms with Gasteiger partial charge in [0.2, 0.25) is 0 Å². The molecule has 0 atom stereocenters. The quantitative estimate of drug-likeness (QED) is 0.622. The summed E-state index contributed by atoms with van der Waals surface area (Å²) < 4.78 is 0. The fourth-order valence-electron chi connectivity index (χ4n) is 1.65. The first-order valence-electron chi connectivity index (χ1n) is 6.58. The molecule has 6 heteroatoms. The first-order valence-corrected chi connectivity index (χ1v) is 7.33. The van der Waals surface area contributed by atoms with Gasteiger partial charge in [-0.3, -0.25) is 9.59 Å². The van der Waals surface area contributed by atoms with Crippen molar-refractivity contribution in [2.45, 2.75) is 32.6 Å². The van der Waals surface area contributed by atoms with E-state index in [4.69, 9.17) is 23.2 Å². The van der Waals surface area contributed by atoms with Gasteiger partial charge in [-0.25, -0.2) is 0 Å². The van der Waals surface area contributed by atoms with Crippen LogP contribution in [0.4, 0.5) is 5.69 Å². The Balaban J connectivity index is 2.39. The molecule has 2 N–H and O–H groups in total. The topological polar surface area (TPSA) is 58.2 Å². The fourth-order valence-corrected chi connectivity index (χ4v) is 2.17. The summed E-state index contributed by atoms with van der Waals surface area (Å²) >= 11 is 11.6. The van der Waals surface area contributed by atoms with Crippen molar-refractivity contribution in [1.29, 1.82) is 0 Å².